The number of ether oxygens (including phenoxy) is 4. The Morgan fingerprint density at radius 2 is 0.825 bits per heavy atom. The van der Waals surface area contributed by atoms with Crippen LogP contribution in [0.25, 0.3) is 85.4 Å². The molecule has 12 heteroatoms. The molecule has 3 aromatic heterocycles. The van der Waals surface area contributed by atoms with Crippen molar-refractivity contribution in [1.82, 2.24) is 19.5 Å². The van der Waals surface area contributed by atoms with Gasteiger partial charge in [-0.15, -0.1) is 0 Å². The first-order valence-corrected chi connectivity index (χ1v) is 27.2. The van der Waals surface area contributed by atoms with Gasteiger partial charge < -0.3 is 28.5 Å². The molecule has 8 bridgehead atoms. The van der Waals surface area contributed by atoms with Gasteiger partial charge >= 0.3 is 23.9 Å². The lowest BCUT2D eigenvalue weighted by molar-refractivity contribution is -0.129. The summed E-state index contributed by atoms with van der Waals surface area (Å²) in [6.07, 6.45) is 26.4. The highest BCUT2D eigenvalue weighted by molar-refractivity contribution is 6.13. The molecule has 4 aromatic carbocycles. The number of unbranched alkanes of at least 4 members (excludes halogenated alkanes) is 4. The molecule has 0 atom stereocenters. The first-order chi connectivity index (χ1) is 39.2. The predicted molar refractivity (Wildman–Crippen MR) is 319 cm³/mol. The van der Waals surface area contributed by atoms with Gasteiger partial charge in [-0.2, -0.15) is 0 Å². The smallest absolute Gasteiger partial charge is 0.335 e. The average Bonchev–Trinajstić information content (AvgIpc) is 4.47. The number of carbonyl (C=O) groups excluding carboxylic acids is 4. The fraction of sp³-hybridized carbons (Fsp3) is 0.176. The van der Waals surface area contributed by atoms with Crippen LogP contribution in [-0.2, 0) is 19.2 Å². The Hall–Kier alpha value is -9.68. The molecule has 0 unspecified atom stereocenters. The third-order valence-corrected chi connectivity index (χ3v) is 12.9. The third kappa shape index (κ3) is 13.2. The van der Waals surface area contributed by atoms with E-state index in [1.54, 1.807) is 72.8 Å². The van der Waals surface area contributed by atoms with E-state index in [1.165, 1.54) is 24.3 Å². The molecule has 0 saturated heterocycles. The summed E-state index contributed by atoms with van der Waals surface area (Å²) in [4.78, 5) is 69.8. The molecular weight excluding hydrogens is 1000 g/mol. The van der Waals surface area contributed by atoms with Crippen LogP contribution in [0.4, 0.5) is 0 Å². The summed E-state index contributed by atoms with van der Waals surface area (Å²) in [5.74, 6) is -1.55. The number of hydrogen-bond acceptors (Lipinski definition) is 10. The number of nitrogens with one attached hydrogen (secondary N) is 1. The molecule has 2 aliphatic heterocycles. The molecule has 0 amide bonds. The largest absolute Gasteiger partial charge is 0.423 e. The maximum absolute atomic E-state index is 14.0. The number of carbonyl (C=O) groups is 4. The lowest BCUT2D eigenvalue weighted by Crippen LogP contribution is -2.08. The quantitative estimate of drug-likeness (QED) is 0.0443. The maximum Gasteiger partial charge on any atom is 0.335 e. The number of fused-ring (bicyclic) bond motifs is 8. The molecule has 0 saturated carbocycles. The summed E-state index contributed by atoms with van der Waals surface area (Å²) in [7, 11) is 0. The molecule has 7 aromatic rings. The Bertz CT molecular complexity index is 3830. The predicted octanol–water partition coefficient (Wildman–Crippen LogP) is 16.2. The number of nitrogens with zero attached hydrogens (tertiary/aromatic N) is 3. The number of benzene rings is 4. The number of aromatic nitrogens is 4. The van der Waals surface area contributed by atoms with E-state index in [2.05, 4.69) is 4.98 Å². The molecule has 2 aliphatic rings. The molecule has 402 valence electrons. The molecule has 0 fully saturated rings. The van der Waals surface area contributed by atoms with Crippen LogP contribution < -0.4 is 18.9 Å². The first-order valence-electron chi connectivity index (χ1n) is 27.2. The summed E-state index contributed by atoms with van der Waals surface area (Å²) in [6.45, 7) is 8.11. The monoisotopic (exact) mass is 1060 g/mol. The molecule has 0 spiro atoms. The van der Waals surface area contributed by atoms with Gasteiger partial charge in [0.1, 0.15) is 17.2 Å². The zero-order valence-corrected chi connectivity index (χ0v) is 45.3. The van der Waals surface area contributed by atoms with Crippen LogP contribution in [-0.4, -0.2) is 43.4 Å². The van der Waals surface area contributed by atoms with Crippen molar-refractivity contribution in [3.63, 3.8) is 0 Å². The third-order valence-electron chi connectivity index (χ3n) is 12.9. The number of esters is 4. The van der Waals surface area contributed by atoms with Crippen molar-refractivity contribution < 1.29 is 38.1 Å². The van der Waals surface area contributed by atoms with Crippen LogP contribution in [0.3, 0.4) is 0 Å². The van der Waals surface area contributed by atoms with E-state index in [1.807, 2.05) is 135 Å². The molecule has 12 nitrogen and oxygen atoms in total. The Labute approximate surface area is 465 Å². The number of allylic oxidation sites excluding steroid dienone is 4. The first kappa shape index (κ1) is 55.1. The zero-order valence-electron chi connectivity index (χ0n) is 45.3. The van der Waals surface area contributed by atoms with E-state index in [9.17, 15) is 19.2 Å². The highest BCUT2D eigenvalue weighted by Gasteiger charge is 2.31. The SMILES string of the molecule is CCCC=CC(=O)Oc1ccccc1-c1c(-c2ccccc2OC(=O)C=CCCC)c2c(-c3ccccc3OC(=O)C=CCCC)c3nc(cc4ccc(cc5nc(cc1n2-c1ccccc1OC(=O)C=CCCC)C=C5)[nH]4)C=C3. The van der Waals surface area contributed by atoms with E-state index in [-0.39, 0.29) is 23.0 Å². The topological polar surface area (TPSA) is 152 Å². The Kier molecular flexibility index (Phi) is 18.3. The summed E-state index contributed by atoms with van der Waals surface area (Å²) >= 11 is 0. The molecule has 1 N–H and O–H groups in total. The number of para-hydroxylation sites is 5. The van der Waals surface area contributed by atoms with Crippen molar-refractivity contribution in [2.45, 2.75) is 79.1 Å². The number of hydrogen-bond donors (Lipinski definition) is 1. The van der Waals surface area contributed by atoms with Crippen LogP contribution in [0.1, 0.15) is 102 Å². The number of rotatable bonds is 20. The Morgan fingerprint density at radius 1 is 0.438 bits per heavy atom. The normalized spacial score (nSPS) is 12.1. The van der Waals surface area contributed by atoms with E-state index in [0.717, 1.165) is 36.7 Å². The van der Waals surface area contributed by atoms with E-state index < -0.39 is 23.9 Å². The van der Waals surface area contributed by atoms with Gasteiger partial charge in [-0.3, -0.25) is 0 Å². The van der Waals surface area contributed by atoms with Crippen LogP contribution in [0.15, 0.2) is 176 Å². The fourth-order valence-electron chi connectivity index (χ4n) is 9.31. The fourth-order valence-corrected chi connectivity index (χ4v) is 9.31. The van der Waals surface area contributed by atoms with E-state index >= 15 is 0 Å². The second-order valence-corrected chi connectivity index (χ2v) is 19.0. The van der Waals surface area contributed by atoms with Crippen molar-refractivity contribution in [3.05, 3.63) is 199 Å². The second-order valence-electron chi connectivity index (χ2n) is 19.0. The second kappa shape index (κ2) is 26.6. The highest BCUT2D eigenvalue weighted by Crippen LogP contribution is 2.52. The van der Waals surface area contributed by atoms with Crippen molar-refractivity contribution in [2.24, 2.45) is 0 Å². The molecular formula is C68H62N4O8. The van der Waals surface area contributed by atoms with Gasteiger partial charge in [-0.05, 0) is 111 Å². The van der Waals surface area contributed by atoms with E-state index in [0.29, 0.717) is 98.6 Å². The van der Waals surface area contributed by atoms with Crippen molar-refractivity contribution in [1.29, 1.82) is 0 Å². The average molecular weight is 1060 g/mol. The van der Waals surface area contributed by atoms with Crippen LogP contribution in [0, 0.1) is 0 Å². The summed E-state index contributed by atoms with van der Waals surface area (Å²) in [5.41, 5.74) is 7.93. The van der Waals surface area contributed by atoms with Gasteiger partial charge in [0.2, 0.25) is 0 Å². The van der Waals surface area contributed by atoms with Crippen LogP contribution in [0.5, 0.6) is 23.0 Å². The standard InChI is InChI=1S/C68H62N4O8/c1-5-9-13-33-61(73)77-57-29-21-17-25-51(57)65-54-42-41-49(71-54)44-48-38-37-46(69-48)43-47-39-40-50(70-47)45-56-66(52-26-18-22-30-58(52)78-62(74)34-14-10-6-2)67(53-27-19-23-31-59(53)79-63(75)35-15-11-7-3)68(65)72(56)55-28-20-24-32-60(55)80-64(76)36-16-12-8-4/h13-45,69H,5-12H2,1-4H3. The van der Waals surface area contributed by atoms with Gasteiger partial charge in [0.25, 0.3) is 0 Å². The summed E-state index contributed by atoms with van der Waals surface area (Å²) in [5, 5.41) is 0. The van der Waals surface area contributed by atoms with E-state index in [4.69, 9.17) is 28.9 Å². The maximum atomic E-state index is 14.0. The molecule has 0 aliphatic carbocycles. The van der Waals surface area contributed by atoms with Crippen LogP contribution in [0.2, 0.25) is 0 Å². The van der Waals surface area contributed by atoms with Gasteiger partial charge in [0, 0.05) is 68.7 Å². The molecule has 5 heterocycles. The minimum atomic E-state index is -0.597. The lowest BCUT2D eigenvalue weighted by Gasteiger charge is -2.18. The molecule has 9 rings (SSSR count). The summed E-state index contributed by atoms with van der Waals surface area (Å²) in [6, 6.07) is 38.7. The van der Waals surface area contributed by atoms with Crippen molar-refractivity contribution >= 4 is 70.2 Å². The highest BCUT2D eigenvalue weighted by atomic mass is 16.5. The Balaban J connectivity index is 1.57. The zero-order chi connectivity index (χ0) is 55.8. The van der Waals surface area contributed by atoms with Crippen molar-refractivity contribution in [3.8, 4) is 62.1 Å². The van der Waals surface area contributed by atoms with Crippen LogP contribution >= 0.6 is 0 Å². The molecule has 80 heavy (non-hydrogen) atoms. The van der Waals surface area contributed by atoms with Gasteiger partial charge in [0.05, 0.1) is 39.5 Å². The van der Waals surface area contributed by atoms with Gasteiger partial charge in [0.15, 0.2) is 5.75 Å². The van der Waals surface area contributed by atoms with Crippen molar-refractivity contribution in [2.75, 3.05) is 0 Å². The molecule has 0 radical (unpaired) electrons. The number of H-pyrrole nitrogens is 1. The number of aromatic amines is 1. The Morgan fingerprint density at radius 3 is 1.31 bits per heavy atom. The summed E-state index contributed by atoms with van der Waals surface area (Å²) < 4.78 is 27.4. The lowest BCUT2D eigenvalue weighted by atomic mass is 9.92. The minimum Gasteiger partial charge on any atom is -0.423 e. The van der Waals surface area contributed by atoms with Gasteiger partial charge in [-0.25, -0.2) is 29.1 Å². The van der Waals surface area contributed by atoms with Gasteiger partial charge in [-0.1, -0.05) is 144 Å². The minimum absolute atomic E-state index is 0.189.